The summed E-state index contributed by atoms with van der Waals surface area (Å²) in [7, 11) is 0. The van der Waals surface area contributed by atoms with E-state index in [-0.39, 0.29) is 24.0 Å². The highest BCUT2D eigenvalue weighted by atomic mass is 127. The molecule has 0 radical (unpaired) electrons. The minimum atomic E-state index is 0. The third-order valence-electron chi connectivity index (χ3n) is 3.82. The lowest BCUT2D eigenvalue weighted by Crippen LogP contribution is -2.38. The number of hydrogen-bond acceptors (Lipinski definition) is 6. The van der Waals surface area contributed by atoms with Crippen LogP contribution in [0.15, 0.2) is 27.7 Å². The molecule has 1 aromatic heterocycles. The molecule has 0 saturated carbocycles. The van der Waals surface area contributed by atoms with Crippen molar-refractivity contribution in [2.24, 2.45) is 4.99 Å². The molecular formula is C20H32IN5O3. The van der Waals surface area contributed by atoms with Gasteiger partial charge in [0.1, 0.15) is 0 Å². The molecule has 9 heteroatoms. The number of aliphatic imine (C=N–C) groups is 1. The van der Waals surface area contributed by atoms with Crippen LogP contribution in [0.3, 0.4) is 0 Å². The van der Waals surface area contributed by atoms with Crippen molar-refractivity contribution in [1.82, 2.24) is 20.8 Å². The Hall–Kier alpha value is -2.04. The lowest BCUT2D eigenvalue weighted by atomic mass is 10.1. The molecular weight excluding hydrogens is 485 g/mol. The van der Waals surface area contributed by atoms with Crippen molar-refractivity contribution in [1.29, 1.82) is 0 Å². The van der Waals surface area contributed by atoms with Crippen LogP contribution in [0.25, 0.3) is 0 Å². The van der Waals surface area contributed by atoms with Crippen LogP contribution >= 0.6 is 24.0 Å². The second kappa shape index (κ2) is 14.0. The van der Waals surface area contributed by atoms with Gasteiger partial charge in [0.15, 0.2) is 23.3 Å². The van der Waals surface area contributed by atoms with E-state index in [2.05, 4.69) is 31.8 Å². The summed E-state index contributed by atoms with van der Waals surface area (Å²) in [6.07, 6.45) is 1.47. The van der Waals surface area contributed by atoms with Gasteiger partial charge in [0, 0.05) is 19.5 Å². The molecule has 162 valence electrons. The first kappa shape index (κ1) is 25.0. The van der Waals surface area contributed by atoms with Gasteiger partial charge in [0.2, 0.25) is 5.89 Å². The molecule has 2 rings (SSSR count). The molecule has 0 aliphatic carbocycles. The summed E-state index contributed by atoms with van der Waals surface area (Å²) >= 11 is 0. The second-order valence-corrected chi connectivity index (χ2v) is 6.07. The van der Waals surface area contributed by atoms with Crippen LogP contribution in [0.4, 0.5) is 0 Å². The van der Waals surface area contributed by atoms with E-state index >= 15 is 0 Å². The molecule has 0 spiro atoms. The second-order valence-electron chi connectivity index (χ2n) is 6.07. The Morgan fingerprint density at radius 2 is 1.83 bits per heavy atom. The maximum atomic E-state index is 5.69. The Kier molecular flexibility index (Phi) is 12.1. The first-order valence-corrected chi connectivity index (χ1v) is 9.86. The van der Waals surface area contributed by atoms with Crippen LogP contribution in [-0.2, 0) is 12.8 Å². The van der Waals surface area contributed by atoms with Crippen molar-refractivity contribution in [2.75, 3.05) is 32.8 Å². The molecule has 0 fully saturated rings. The quantitative estimate of drug-likeness (QED) is 0.269. The average Bonchev–Trinajstić information content (AvgIpc) is 3.09. The van der Waals surface area contributed by atoms with Gasteiger partial charge >= 0.3 is 0 Å². The van der Waals surface area contributed by atoms with Gasteiger partial charge in [-0.15, -0.1) is 24.0 Å². The van der Waals surface area contributed by atoms with Crippen LogP contribution < -0.4 is 20.1 Å². The fraction of sp³-hybridized carbons (Fsp3) is 0.550. The number of rotatable bonds is 11. The molecule has 0 saturated heterocycles. The third kappa shape index (κ3) is 8.88. The Morgan fingerprint density at radius 3 is 2.48 bits per heavy atom. The fourth-order valence-electron chi connectivity index (χ4n) is 2.62. The van der Waals surface area contributed by atoms with Crippen molar-refractivity contribution in [3.05, 3.63) is 35.5 Å². The van der Waals surface area contributed by atoms with E-state index in [4.69, 9.17) is 14.0 Å². The van der Waals surface area contributed by atoms with Crippen molar-refractivity contribution in [2.45, 2.75) is 40.5 Å². The maximum absolute atomic E-state index is 5.69. The monoisotopic (exact) mass is 517 g/mol. The molecule has 1 aromatic carbocycles. The highest BCUT2D eigenvalue weighted by molar-refractivity contribution is 14.0. The summed E-state index contributed by atoms with van der Waals surface area (Å²) in [5.74, 6) is 3.60. The summed E-state index contributed by atoms with van der Waals surface area (Å²) in [6.45, 7) is 11.1. The highest BCUT2D eigenvalue weighted by Gasteiger charge is 2.07. The minimum absolute atomic E-state index is 0. The van der Waals surface area contributed by atoms with E-state index in [0.29, 0.717) is 37.9 Å². The van der Waals surface area contributed by atoms with E-state index < -0.39 is 0 Å². The Balaban J connectivity index is 0.00000420. The number of aromatic nitrogens is 2. The molecule has 0 amide bonds. The molecule has 2 N–H and O–H groups in total. The Labute approximate surface area is 189 Å². The fourth-order valence-corrected chi connectivity index (χ4v) is 2.62. The highest BCUT2D eigenvalue weighted by Crippen LogP contribution is 2.28. The minimum Gasteiger partial charge on any atom is -0.490 e. The van der Waals surface area contributed by atoms with Crippen LogP contribution in [0.1, 0.15) is 38.0 Å². The molecule has 1 heterocycles. The van der Waals surface area contributed by atoms with E-state index in [1.165, 1.54) is 5.56 Å². The molecule has 0 aliphatic rings. The van der Waals surface area contributed by atoms with Gasteiger partial charge in [-0.1, -0.05) is 11.2 Å². The smallest absolute Gasteiger partial charge is 0.228 e. The zero-order chi connectivity index (χ0) is 20.2. The Bertz CT molecular complexity index is 751. The van der Waals surface area contributed by atoms with Gasteiger partial charge in [0.25, 0.3) is 0 Å². The van der Waals surface area contributed by atoms with Crippen molar-refractivity contribution >= 4 is 29.9 Å². The molecule has 2 aromatic rings. The number of nitrogens with zero attached hydrogens (tertiary/aromatic N) is 3. The summed E-state index contributed by atoms with van der Waals surface area (Å²) in [5.41, 5.74) is 1.18. The van der Waals surface area contributed by atoms with Gasteiger partial charge in [-0.05, 0) is 51.8 Å². The van der Waals surface area contributed by atoms with Crippen molar-refractivity contribution < 1.29 is 14.0 Å². The van der Waals surface area contributed by atoms with Gasteiger partial charge in [-0.2, -0.15) is 4.98 Å². The number of ether oxygens (including phenoxy) is 2. The van der Waals surface area contributed by atoms with E-state index in [0.717, 1.165) is 37.0 Å². The molecule has 0 bridgehead atoms. The zero-order valence-corrected chi connectivity index (χ0v) is 20.0. The normalized spacial score (nSPS) is 11.0. The third-order valence-corrected chi connectivity index (χ3v) is 3.82. The van der Waals surface area contributed by atoms with Crippen molar-refractivity contribution in [3.63, 3.8) is 0 Å². The number of hydrogen-bond donors (Lipinski definition) is 2. The van der Waals surface area contributed by atoms with Gasteiger partial charge in [-0.25, -0.2) is 0 Å². The molecule has 0 unspecified atom stereocenters. The number of nitrogens with one attached hydrogen (secondary N) is 2. The molecule has 0 atom stereocenters. The summed E-state index contributed by atoms with van der Waals surface area (Å²) in [4.78, 5) is 8.75. The first-order valence-electron chi connectivity index (χ1n) is 9.86. The number of halogens is 1. The number of guanidine groups is 1. The lowest BCUT2D eigenvalue weighted by Gasteiger charge is -2.14. The van der Waals surface area contributed by atoms with Crippen LogP contribution in [0.2, 0.25) is 0 Å². The van der Waals surface area contributed by atoms with Crippen molar-refractivity contribution in [3.8, 4) is 11.5 Å². The summed E-state index contributed by atoms with van der Waals surface area (Å²) in [5, 5.41) is 10.4. The first-order chi connectivity index (χ1) is 13.7. The largest absolute Gasteiger partial charge is 0.490 e. The standard InChI is InChI=1S/C20H31N5O3.HI/c1-5-21-20(23-13-11-19-24-15(4)25-28-19)22-12-10-16-8-9-17(26-6-2)18(14-16)27-7-3;/h8-9,14H,5-7,10-13H2,1-4H3,(H2,21,22,23);1H. The topological polar surface area (TPSA) is 93.8 Å². The van der Waals surface area contributed by atoms with Crippen LogP contribution in [0.5, 0.6) is 11.5 Å². The van der Waals surface area contributed by atoms with E-state index in [1.54, 1.807) is 6.92 Å². The summed E-state index contributed by atoms with van der Waals surface area (Å²) in [6, 6.07) is 6.07. The van der Waals surface area contributed by atoms with Crippen LogP contribution in [-0.4, -0.2) is 48.9 Å². The van der Waals surface area contributed by atoms with E-state index in [1.807, 2.05) is 32.9 Å². The maximum Gasteiger partial charge on any atom is 0.228 e. The van der Waals surface area contributed by atoms with Gasteiger partial charge in [0.05, 0.1) is 19.8 Å². The average molecular weight is 517 g/mol. The lowest BCUT2D eigenvalue weighted by molar-refractivity contribution is 0.287. The number of benzene rings is 1. The molecule has 29 heavy (non-hydrogen) atoms. The van der Waals surface area contributed by atoms with E-state index in [9.17, 15) is 0 Å². The van der Waals surface area contributed by atoms with Gasteiger partial charge in [-0.3, -0.25) is 4.99 Å². The summed E-state index contributed by atoms with van der Waals surface area (Å²) < 4.78 is 16.4. The zero-order valence-electron chi connectivity index (χ0n) is 17.7. The predicted molar refractivity (Wildman–Crippen MR) is 125 cm³/mol. The molecule has 0 aliphatic heterocycles. The van der Waals surface area contributed by atoms with Gasteiger partial charge < -0.3 is 24.6 Å². The SMILES string of the molecule is CCNC(=NCCc1nc(C)no1)NCCc1ccc(OCC)c(OCC)c1.I. The van der Waals surface area contributed by atoms with Crippen LogP contribution in [0, 0.1) is 6.92 Å². The molecule has 8 nitrogen and oxygen atoms in total. The number of aryl methyl sites for hydroxylation is 1. The predicted octanol–water partition coefficient (Wildman–Crippen LogP) is 3.13. The Morgan fingerprint density at radius 1 is 1.07 bits per heavy atom.